The van der Waals surface area contributed by atoms with Crippen molar-refractivity contribution in [1.29, 1.82) is 0 Å². The Morgan fingerprint density at radius 3 is 2.38 bits per heavy atom. The number of nitrogens with zero attached hydrogens (tertiary/aromatic N) is 1. The van der Waals surface area contributed by atoms with Crippen molar-refractivity contribution in [3.8, 4) is 0 Å². The highest BCUT2D eigenvalue weighted by Gasteiger charge is 2.43. The van der Waals surface area contributed by atoms with Crippen molar-refractivity contribution in [2.75, 3.05) is 5.75 Å². The van der Waals surface area contributed by atoms with E-state index in [1.54, 1.807) is 0 Å². The molecule has 1 saturated carbocycles. The first-order valence-corrected chi connectivity index (χ1v) is 8.56. The number of urea groups is 1. The van der Waals surface area contributed by atoms with Crippen molar-refractivity contribution < 1.29 is 19.8 Å². The van der Waals surface area contributed by atoms with E-state index in [2.05, 4.69) is 5.32 Å². The fourth-order valence-electron chi connectivity index (χ4n) is 2.96. The molecule has 2 rings (SSSR count). The van der Waals surface area contributed by atoms with E-state index < -0.39 is 12.0 Å². The number of aliphatic carboxylic acids is 1. The molecule has 2 amide bonds. The average molecular weight is 316 g/mol. The van der Waals surface area contributed by atoms with Crippen LogP contribution in [0.1, 0.15) is 39.5 Å². The van der Waals surface area contributed by atoms with Gasteiger partial charge in [-0.3, -0.25) is 4.90 Å². The highest BCUT2D eigenvalue weighted by atomic mass is 32.2. The van der Waals surface area contributed by atoms with Crippen molar-refractivity contribution in [1.82, 2.24) is 10.2 Å². The molecule has 1 heterocycles. The van der Waals surface area contributed by atoms with Gasteiger partial charge < -0.3 is 15.5 Å². The normalized spacial score (nSPS) is 33.2. The summed E-state index contributed by atoms with van der Waals surface area (Å²) in [4.78, 5) is 25.3. The van der Waals surface area contributed by atoms with Crippen molar-refractivity contribution in [2.45, 2.75) is 63.1 Å². The summed E-state index contributed by atoms with van der Waals surface area (Å²) >= 11 is 1.53. The molecule has 2 unspecified atom stereocenters. The van der Waals surface area contributed by atoms with Gasteiger partial charge in [0.1, 0.15) is 6.04 Å². The van der Waals surface area contributed by atoms with E-state index in [0.717, 1.165) is 12.8 Å². The quantitative estimate of drug-likeness (QED) is 0.734. The Balaban J connectivity index is 2.01. The van der Waals surface area contributed by atoms with E-state index in [4.69, 9.17) is 0 Å². The number of amides is 2. The second-order valence-corrected chi connectivity index (χ2v) is 7.33. The SMILES string of the molecule is CC(C)C1SCC(C(=O)O)N1C(=O)NC1CCC(O)CC1. The largest absolute Gasteiger partial charge is 0.480 e. The number of aliphatic hydroxyl groups excluding tert-OH is 1. The number of thioether (sulfide) groups is 1. The van der Waals surface area contributed by atoms with Crippen LogP contribution in [0, 0.1) is 5.92 Å². The Hall–Kier alpha value is -0.950. The zero-order chi connectivity index (χ0) is 15.6. The molecule has 2 aliphatic rings. The number of carbonyl (C=O) groups excluding carboxylic acids is 1. The number of carbonyl (C=O) groups is 2. The minimum absolute atomic E-state index is 0.0359. The predicted molar refractivity (Wildman–Crippen MR) is 81.1 cm³/mol. The molecule has 0 aromatic rings. The lowest BCUT2D eigenvalue weighted by Crippen LogP contribution is -2.54. The molecule has 2 fully saturated rings. The van der Waals surface area contributed by atoms with Crippen LogP contribution in [0.5, 0.6) is 0 Å². The fraction of sp³-hybridized carbons (Fsp3) is 0.857. The number of aliphatic hydroxyl groups is 1. The first kappa shape index (κ1) is 16.4. The summed E-state index contributed by atoms with van der Waals surface area (Å²) < 4.78 is 0. The predicted octanol–water partition coefficient (Wildman–Crippen LogP) is 1.48. The van der Waals surface area contributed by atoms with Crippen molar-refractivity contribution in [2.24, 2.45) is 5.92 Å². The second-order valence-electron chi connectivity index (χ2n) is 6.18. The Morgan fingerprint density at radius 2 is 1.86 bits per heavy atom. The van der Waals surface area contributed by atoms with E-state index in [1.165, 1.54) is 16.7 Å². The number of hydrogen-bond donors (Lipinski definition) is 3. The zero-order valence-corrected chi connectivity index (χ0v) is 13.3. The second kappa shape index (κ2) is 6.87. The van der Waals surface area contributed by atoms with Crippen LogP contribution < -0.4 is 5.32 Å². The third-order valence-electron chi connectivity index (χ3n) is 4.15. The third kappa shape index (κ3) is 3.83. The van der Waals surface area contributed by atoms with Gasteiger partial charge in [-0.15, -0.1) is 11.8 Å². The van der Waals surface area contributed by atoms with Crippen molar-refractivity contribution >= 4 is 23.8 Å². The van der Waals surface area contributed by atoms with Crippen molar-refractivity contribution in [3.63, 3.8) is 0 Å². The topological polar surface area (TPSA) is 89.9 Å². The maximum Gasteiger partial charge on any atom is 0.327 e. The molecule has 0 spiro atoms. The number of carboxylic acid groups (broad SMARTS) is 1. The van der Waals surface area contributed by atoms with Gasteiger partial charge in [0.25, 0.3) is 0 Å². The molecule has 120 valence electrons. The Labute approximate surface area is 129 Å². The van der Waals surface area contributed by atoms with Crippen LogP contribution in [-0.4, -0.2) is 56.4 Å². The smallest absolute Gasteiger partial charge is 0.327 e. The van der Waals surface area contributed by atoms with Gasteiger partial charge in [-0.25, -0.2) is 9.59 Å². The fourth-order valence-corrected chi connectivity index (χ4v) is 4.43. The minimum atomic E-state index is -0.945. The van der Waals surface area contributed by atoms with E-state index >= 15 is 0 Å². The third-order valence-corrected chi connectivity index (χ3v) is 5.77. The molecule has 0 bridgehead atoms. The lowest BCUT2D eigenvalue weighted by Gasteiger charge is -2.33. The van der Waals surface area contributed by atoms with E-state index in [0.29, 0.717) is 18.6 Å². The van der Waals surface area contributed by atoms with Crippen LogP contribution in [0.15, 0.2) is 0 Å². The molecule has 21 heavy (non-hydrogen) atoms. The van der Waals surface area contributed by atoms with Gasteiger partial charge in [-0.1, -0.05) is 13.8 Å². The molecule has 1 aliphatic heterocycles. The standard InChI is InChI=1S/C14H24N2O4S/c1-8(2)12-16(11(7-21-12)13(18)19)14(20)15-9-3-5-10(17)6-4-9/h8-12,17H,3-7H2,1-2H3,(H,15,20)(H,18,19). The number of nitrogens with one attached hydrogen (secondary N) is 1. The number of rotatable bonds is 3. The molecule has 0 radical (unpaired) electrons. The van der Waals surface area contributed by atoms with Gasteiger partial charge in [0.15, 0.2) is 0 Å². The van der Waals surface area contributed by atoms with Crippen LogP contribution >= 0.6 is 11.8 Å². The van der Waals surface area contributed by atoms with Crippen LogP contribution in [0.4, 0.5) is 4.79 Å². The summed E-state index contributed by atoms with van der Waals surface area (Å²) in [7, 11) is 0. The summed E-state index contributed by atoms with van der Waals surface area (Å²) in [6.45, 7) is 4.00. The Morgan fingerprint density at radius 1 is 1.24 bits per heavy atom. The zero-order valence-electron chi connectivity index (χ0n) is 12.5. The van der Waals surface area contributed by atoms with Gasteiger partial charge in [-0.05, 0) is 31.6 Å². The van der Waals surface area contributed by atoms with Crippen LogP contribution in [0.3, 0.4) is 0 Å². The molecule has 1 aliphatic carbocycles. The molecular formula is C14H24N2O4S. The molecule has 1 saturated heterocycles. The summed E-state index contributed by atoms with van der Waals surface area (Å²) in [5.41, 5.74) is 0. The minimum Gasteiger partial charge on any atom is -0.480 e. The van der Waals surface area contributed by atoms with E-state index in [-0.39, 0.29) is 29.5 Å². The summed E-state index contributed by atoms with van der Waals surface area (Å²) in [6, 6.07) is -1.00. The molecule has 0 aromatic heterocycles. The van der Waals surface area contributed by atoms with E-state index in [1.807, 2.05) is 13.8 Å². The summed E-state index contributed by atoms with van der Waals surface area (Å²) in [5.74, 6) is -0.298. The average Bonchev–Trinajstić information content (AvgIpc) is 2.86. The Bertz CT molecular complexity index is 396. The van der Waals surface area contributed by atoms with Crippen LogP contribution in [-0.2, 0) is 4.79 Å². The first-order valence-electron chi connectivity index (χ1n) is 7.51. The summed E-state index contributed by atoms with van der Waals surface area (Å²) in [6.07, 6.45) is 2.61. The maximum atomic E-state index is 12.5. The van der Waals surface area contributed by atoms with E-state index in [9.17, 15) is 19.8 Å². The number of hydrogen-bond acceptors (Lipinski definition) is 4. The lowest BCUT2D eigenvalue weighted by molar-refractivity contribution is -0.141. The van der Waals surface area contributed by atoms with Crippen molar-refractivity contribution in [3.05, 3.63) is 0 Å². The van der Waals surface area contributed by atoms with Gasteiger partial charge in [-0.2, -0.15) is 0 Å². The highest BCUT2D eigenvalue weighted by molar-refractivity contribution is 8.00. The monoisotopic (exact) mass is 316 g/mol. The molecule has 6 nitrogen and oxygen atoms in total. The molecule has 3 N–H and O–H groups in total. The molecular weight excluding hydrogens is 292 g/mol. The van der Waals surface area contributed by atoms with Gasteiger partial charge in [0.05, 0.1) is 11.5 Å². The maximum absolute atomic E-state index is 12.5. The van der Waals surface area contributed by atoms with Gasteiger partial charge in [0.2, 0.25) is 0 Å². The first-order chi connectivity index (χ1) is 9.90. The van der Waals surface area contributed by atoms with Gasteiger partial charge in [0, 0.05) is 11.8 Å². The lowest BCUT2D eigenvalue weighted by atomic mass is 9.93. The number of carboxylic acids is 1. The van der Waals surface area contributed by atoms with Crippen LogP contribution in [0.25, 0.3) is 0 Å². The molecule has 0 aromatic carbocycles. The van der Waals surface area contributed by atoms with Gasteiger partial charge >= 0.3 is 12.0 Å². The van der Waals surface area contributed by atoms with Crippen LogP contribution in [0.2, 0.25) is 0 Å². The Kier molecular flexibility index (Phi) is 5.37. The summed E-state index contributed by atoms with van der Waals surface area (Å²) in [5, 5.41) is 21.7. The molecule has 2 atom stereocenters. The highest BCUT2D eigenvalue weighted by Crippen LogP contribution is 2.34. The molecule has 7 heteroatoms.